The fourth-order valence-corrected chi connectivity index (χ4v) is 4.11. The van der Waals surface area contributed by atoms with Crippen molar-refractivity contribution < 1.29 is 0 Å². The lowest BCUT2D eigenvalue weighted by Gasteiger charge is -2.23. The Morgan fingerprint density at radius 2 is 2.20 bits per heavy atom. The van der Waals surface area contributed by atoms with Crippen LogP contribution >= 0.6 is 11.6 Å². The molecule has 20 heavy (non-hydrogen) atoms. The summed E-state index contributed by atoms with van der Waals surface area (Å²) in [5.74, 6) is 1.72. The first-order chi connectivity index (χ1) is 9.88. The highest BCUT2D eigenvalue weighted by Crippen LogP contribution is 2.38. The number of pyridine rings is 1. The number of aromatic nitrogens is 3. The molecule has 5 heteroatoms. The van der Waals surface area contributed by atoms with Gasteiger partial charge in [-0.05, 0) is 37.9 Å². The molecule has 4 nitrogen and oxygen atoms in total. The van der Waals surface area contributed by atoms with Crippen molar-refractivity contribution in [3.8, 4) is 0 Å². The molecule has 0 radical (unpaired) electrons. The fraction of sp³-hybridized carbons (Fsp3) is 0.600. The molecular weight excluding hydrogens is 272 g/mol. The number of hydrogen-bond donors (Lipinski definition) is 0. The molecule has 2 fully saturated rings. The van der Waals surface area contributed by atoms with Crippen LogP contribution in [-0.2, 0) is 6.42 Å². The average Bonchev–Trinajstić information content (AvgIpc) is 3.12. The van der Waals surface area contributed by atoms with Crippen LogP contribution < -0.4 is 0 Å². The number of alkyl halides is 1. The standard InChI is InChI=1S/C15H19ClN4/c16-7-5-14-18-11-3-1-8-17-15(11)20(14)13-6-10-19-9-2-4-12(13)19/h1,3,8,12-13H,2,4-7,9-10H2. The van der Waals surface area contributed by atoms with E-state index in [-0.39, 0.29) is 0 Å². The molecule has 106 valence electrons. The van der Waals surface area contributed by atoms with Gasteiger partial charge >= 0.3 is 0 Å². The molecule has 4 heterocycles. The number of halogens is 1. The van der Waals surface area contributed by atoms with Gasteiger partial charge in [0.2, 0.25) is 0 Å². The fourth-order valence-electron chi connectivity index (χ4n) is 3.94. The van der Waals surface area contributed by atoms with Gasteiger partial charge in [-0.1, -0.05) is 0 Å². The molecule has 2 atom stereocenters. The largest absolute Gasteiger partial charge is 0.308 e. The number of hydrogen-bond acceptors (Lipinski definition) is 3. The molecule has 2 aliphatic rings. The van der Waals surface area contributed by atoms with E-state index in [1.165, 1.54) is 32.4 Å². The maximum atomic E-state index is 5.97. The lowest BCUT2D eigenvalue weighted by Crippen LogP contribution is -2.28. The van der Waals surface area contributed by atoms with Crippen LogP contribution in [0.2, 0.25) is 0 Å². The number of aryl methyl sites for hydroxylation is 1. The molecule has 2 unspecified atom stereocenters. The summed E-state index contributed by atoms with van der Waals surface area (Å²) >= 11 is 5.97. The van der Waals surface area contributed by atoms with Gasteiger partial charge in [0.05, 0.1) is 6.04 Å². The van der Waals surface area contributed by atoms with Crippen molar-refractivity contribution in [3.05, 3.63) is 24.2 Å². The third-order valence-corrected chi connectivity index (χ3v) is 4.93. The summed E-state index contributed by atoms with van der Waals surface area (Å²) in [5.41, 5.74) is 2.04. The topological polar surface area (TPSA) is 34.0 Å². The van der Waals surface area contributed by atoms with Crippen LogP contribution in [0.25, 0.3) is 11.2 Å². The summed E-state index contributed by atoms with van der Waals surface area (Å²) in [5, 5.41) is 0. The molecule has 2 saturated heterocycles. The Kier molecular flexibility index (Phi) is 3.15. The van der Waals surface area contributed by atoms with Crippen molar-refractivity contribution >= 4 is 22.8 Å². The van der Waals surface area contributed by atoms with Crippen LogP contribution in [0.5, 0.6) is 0 Å². The van der Waals surface area contributed by atoms with E-state index in [1.807, 2.05) is 12.3 Å². The Labute approximate surface area is 123 Å². The second-order valence-corrected chi connectivity index (χ2v) is 6.16. The predicted octanol–water partition coefficient (Wildman–Crippen LogP) is 2.62. The molecule has 0 aliphatic carbocycles. The van der Waals surface area contributed by atoms with Crippen molar-refractivity contribution in [1.82, 2.24) is 19.4 Å². The maximum Gasteiger partial charge on any atom is 0.160 e. The Morgan fingerprint density at radius 3 is 3.10 bits per heavy atom. The first kappa shape index (κ1) is 12.6. The average molecular weight is 291 g/mol. The van der Waals surface area contributed by atoms with Crippen LogP contribution in [0.4, 0.5) is 0 Å². The quantitative estimate of drug-likeness (QED) is 0.815. The van der Waals surface area contributed by atoms with Crippen LogP contribution in [0, 0.1) is 0 Å². The lowest BCUT2D eigenvalue weighted by atomic mass is 10.1. The van der Waals surface area contributed by atoms with Crippen molar-refractivity contribution in [2.75, 3.05) is 19.0 Å². The van der Waals surface area contributed by atoms with Crippen LogP contribution in [-0.4, -0.2) is 44.4 Å². The van der Waals surface area contributed by atoms with Gasteiger partial charge in [0, 0.05) is 31.1 Å². The molecule has 0 bridgehead atoms. The van der Waals surface area contributed by atoms with Crippen molar-refractivity contribution in [2.45, 2.75) is 37.8 Å². The van der Waals surface area contributed by atoms with E-state index in [2.05, 4.69) is 20.5 Å². The smallest absolute Gasteiger partial charge is 0.160 e. The molecule has 2 aromatic rings. The summed E-state index contributed by atoms with van der Waals surface area (Å²) in [6.45, 7) is 2.47. The van der Waals surface area contributed by atoms with Gasteiger partial charge < -0.3 is 4.57 Å². The summed E-state index contributed by atoms with van der Waals surface area (Å²) in [6, 6.07) is 5.21. The summed E-state index contributed by atoms with van der Waals surface area (Å²) in [7, 11) is 0. The van der Waals surface area contributed by atoms with Gasteiger partial charge in [-0.15, -0.1) is 11.6 Å². The Balaban J connectivity index is 1.82. The minimum Gasteiger partial charge on any atom is -0.308 e. The van der Waals surface area contributed by atoms with Crippen molar-refractivity contribution in [1.29, 1.82) is 0 Å². The van der Waals surface area contributed by atoms with Crippen LogP contribution in [0.3, 0.4) is 0 Å². The number of fused-ring (bicyclic) bond motifs is 2. The molecule has 2 aliphatic heterocycles. The minimum atomic E-state index is 0.524. The zero-order valence-electron chi connectivity index (χ0n) is 11.5. The number of rotatable bonds is 3. The molecule has 0 N–H and O–H groups in total. The van der Waals surface area contributed by atoms with Crippen LogP contribution in [0.15, 0.2) is 18.3 Å². The van der Waals surface area contributed by atoms with E-state index >= 15 is 0 Å². The molecule has 4 rings (SSSR count). The van der Waals surface area contributed by atoms with Gasteiger partial charge in [-0.25, -0.2) is 9.97 Å². The molecule has 2 aromatic heterocycles. The normalized spacial score (nSPS) is 26.4. The SMILES string of the molecule is ClCCc1nc2cccnc2n1C1CCN2CCCC12. The van der Waals surface area contributed by atoms with Gasteiger partial charge in [0.15, 0.2) is 5.65 Å². The monoisotopic (exact) mass is 290 g/mol. The molecular formula is C15H19ClN4. The first-order valence-corrected chi connectivity index (χ1v) is 8.04. The van der Waals surface area contributed by atoms with Crippen molar-refractivity contribution in [3.63, 3.8) is 0 Å². The van der Waals surface area contributed by atoms with Gasteiger partial charge in [0.25, 0.3) is 0 Å². The third-order valence-electron chi connectivity index (χ3n) is 4.74. The minimum absolute atomic E-state index is 0.524. The highest BCUT2D eigenvalue weighted by atomic mass is 35.5. The van der Waals surface area contributed by atoms with Crippen LogP contribution in [0.1, 0.15) is 31.1 Å². The summed E-state index contributed by atoms with van der Waals surface area (Å²) < 4.78 is 2.38. The highest BCUT2D eigenvalue weighted by Gasteiger charge is 2.39. The highest BCUT2D eigenvalue weighted by molar-refractivity contribution is 6.17. The predicted molar refractivity (Wildman–Crippen MR) is 80.2 cm³/mol. The van der Waals surface area contributed by atoms with E-state index < -0.39 is 0 Å². The van der Waals surface area contributed by atoms with Gasteiger partial charge in [-0.2, -0.15) is 0 Å². The van der Waals surface area contributed by atoms with E-state index in [1.54, 1.807) is 0 Å². The Hall–Kier alpha value is -1.13. The van der Waals surface area contributed by atoms with E-state index in [0.29, 0.717) is 18.0 Å². The van der Waals surface area contributed by atoms with E-state index in [0.717, 1.165) is 23.4 Å². The molecule has 0 aromatic carbocycles. The summed E-state index contributed by atoms with van der Waals surface area (Å²) in [6.07, 6.45) is 6.53. The van der Waals surface area contributed by atoms with Crippen molar-refractivity contribution in [2.24, 2.45) is 0 Å². The Morgan fingerprint density at radius 1 is 1.25 bits per heavy atom. The van der Waals surface area contributed by atoms with E-state index in [9.17, 15) is 0 Å². The lowest BCUT2D eigenvalue weighted by molar-refractivity contribution is 0.290. The van der Waals surface area contributed by atoms with Gasteiger partial charge in [0.1, 0.15) is 11.3 Å². The third kappa shape index (κ3) is 1.85. The summed E-state index contributed by atoms with van der Waals surface area (Å²) in [4.78, 5) is 12.0. The number of nitrogens with zero attached hydrogens (tertiary/aromatic N) is 4. The zero-order valence-corrected chi connectivity index (χ0v) is 12.3. The first-order valence-electron chi connectivity index (χ1n) is 7.50. The molecule has 0 amide bonds. The molecule has 0 spiro atoms. The number of imidazole rings is 1. The zero-order chi connectivity index (χ0) is 13.5. The Bertz CT molecular complexity index is 623. The van der Waals surface area contributed by atoms with Gasteiger partial charge in [-0.3, -0.25) is 4.90 Å². The van der Waals surface area contributed by atoms with E-state index in [4.69, 9.17) is 16.6 Å². The molecule has 0 saturated carbocycles. The second-order valence-electron chi connectivity index (χ2n) is 5.78. The maximum absolute atomic E-state index is 5.97. The second kappa shape index (κ2) is 5.01.